The van der Waals surface area contributed by atoms with Crippen LogP contribution in [0.3, 0.4) is 0 Å². The Kier molecular flexibility index (Phi) is 9.59. The highest BCUT2D eigenvalue weighted by atomic mass is 35.5. The molecule has 1 N–H and O–H groups in total. The summed E-state index contributed by atoms with van der Waals surface area (Å²) >= 11 is 13.0. The molecule has 4 rings (SSSR count). The number of halogens is 3. The highest BCUT2D eigenvalue weighted by Crippen LogP contribution is 2.28. The number of benzene rings is 3. The molecule has 0 heterocycles. The van der Waals surface area contributed by atoms with Crippen molar-refractivity contribution in [1.29, 1.82) is 0 Å². The summed E-state index contributed by atoms with van der Waals surface area (Å²) in [7, 11) is 0. The quantitative estimate of drug-likeness (QED) is 0.325. The summed E-state index contributed by atoms with van der Waals surface area (Å²) in [6.07, 6.45) is 5.56. The SMILES string of the molecule is O=C(NC1CCCCC1)C(Cc1ccccc1)N(Cc1c(Cl)cccc1Cl)C(=O)Cc1ccc(F)cc1. The van der Waals surface area contributed by atoms with Crippen molar-refractivity contribution in [3.05, 3.63) is 105 Å². The van der Waals surface area contributed by atoms with Crippen LogP contribution < -0.4 is 5.32 Å². The second-order valence-corrected chi connectivity index (χ2v) is 10.4. The molecule has 1 aliphatic rings. The first-order valence-electron chi connectivity index (χ1n) is 12.7. The zero-order valence-corrected chi connectivity index (χ0v) is 22.1. The predicted molar refractivity (Wildman–Crippen MR) is 146 cm³/mol. The van der Waals surface area contributed by atoms with Gasteiger partial charge in [0, 0.05) is 34.6 Å². The van der Waals surface area contributed by atoms with Gasteiger partial charge in [0.2, 0.25) is 11.8 Å². The first-order valence-corrected chi connectivity index (χ1v) is 13.5. The van der Waals surface area contributed by atoms with Crippen LogP contribution in [0.25, 0.3) is 0 Å². The lowest BCUT2D eigenvalue weighted by Gasteiger charge is -2.34. The second-order valence-electron chi connectivity index (χ2n) is 9.57. The van der Waals surface area contributed by atoms with Gasteiger partial charge in [0.1, 0.15) is 11.9 Å². The lowest BCUT2D eigenvalue weighted by molar-refractivity contribution is -0.141. The smallest absolute Gasteiger partial charge is 0.243 e. The van der Waals surface area contributed by atoms with E-state index in [0.717, 1.165) is 31.2 Å². The Morgan fingerprint density at radius 3 is 2.16 bits per heavy atom. The molecule has 1 aliphatic carbocycles. The molecule has 4 nitrogen and oxygen atoms in total. The Labute approximate surface area is 227 Å². The third-order valence-corrected chi connectivity index (χ3v) is 7.59. The van der Waals surface area contributed by atoms with Crippen LogP contribution in [-0.2, 0) is 29.0 Å². The molecule has 3 aromatic rings. The Morgan fingerprint density at radius 1 is 0.865 bits per heavy atom. The minimum Gasteiger partial charge on any atom is -0.352 e. The van der Waals surface area contributed by atoms with Crippen LogP contribution in [0.5, 0.6) is 0 Å². The number of rotatable bonds is 9. The Bertz CT molecular complexity index is 1180. The molecule has 1 unspecified atom stereocenters. The number of nitrogens with zero attached hydrogens (tertiary/aromatic N) is 1. The summed E-state index contributed by atoms with van der Waals surface area (Å²) < 4.78 is 13.5. The van der Waals surface area contributed by atoms with Crippen molar-refractivity contribution < 1.29 is 14.0 Å². The minimum absolute atomic E-state index is 0.0182. The first-order chi connectivity index (χ1) is 17.9. The first kappa shape index (κ1) is 27.2. The summed E-state index contributed by atoms with van der Waals surface area (Å²) in [5.74, 6) is -0.821. The van der Waals surface area contributed by atoms with Gasteiger partial charge in [-0.1, -0.05) is 91.0 Å². The minimum atomic E-state index is -0.774. The normalized spacial score (nSPS) is 14.7. The highest BCUT2D eigenvalue weighted by Gasteiger charge is 2.32. The highest BCUT2D eigenvalue weighted by molar-refractivity contribution is 6.36. The molecule has 194 valence electrons. The Balaban J connectivity index is 1.68. The molecule has 0 saturated heterocycles. The van der Waals surface area contributed by atoms with Crippen LogP contribution in [-0.4, -0.2) is 28.8 Å². The fourth-order valence-electron chi connectivity index (χ4n) is 4.83. The lowest BCUT2D eigenvalue weighted by atomic mass is 9.94. The van der Waals surface area contributed by atoms with Crippen molar-refractivity contribution in [3.8, 4) is 0 Å². The molecular formula is C30H31Cl2FN2O2. The molecule has 1 saturated carbocycles. The number of hydrogen-bond donors (Lipinski definition) is 1. The molecule has 7 heteroatoms. The number of carbonyl (C=O) groups excluding carboxylic acids is 2. The predicted octanol–water partition coefficient (Wildman–Crippen LogP) is 6.76. The van der Waals surface area contributed by atoms with Gasteiger partial charge in [-0.2, -0.15) is 0 Å². The zero-order valence-electron chi connectivity index (χ0n) is 20.6. The van der Waals surface area contributed by atoms with Gasteiger partial charge in [0.15, 0.2) is 0 Å². The van der Waals surface area contributed by atoms with Crippen molar-refractivity contribution >= 4 is 35.0 Å². The van der Waals surface area contributed by atoms with Crippen molar-refractivity contribution in [1.82, 2.24) is 10.2 Å². The van der Waals surface area contributed by atoms with E-state index in [1.807, 2.05) is 30.3 Å². The van der Waals surface area contributed by atoms with Gasteiger partial charge in [-0.3, -0.25) is 9.59 Å². The number of nitrogens with one attached hydrogen (secondary N) is 1. The summed E-state index contributed by atoms with van der Waals surface area (Å²) in [5, 5.41) is 4.07. The maximum Gasteiger partial charge on any atom is 0.243 e. The number of carbonyl (C=O) groups is 2. The summed E-state index contributed by atoms with van der Waals surface area (Å²) in [6.45, 7) is 0.0775. The molecule has 0 bridgehead atoms. The molecule has 3 aromatic carbocycles. The van der Waals surface area contributed by atoms with Crippen LogP contribution in [0, 0.1) is 5.82 Å². The third kappa shape index (κ3) is 7.56. The van der Waals surface area contributed by atoms with Crippen LogP contribution >= 0.6 is 23.2 Å². The fraction of sp³-hybridized carbons (Fsp3) is 0.333. The monoisotopic (exact) mass is 540 g/mol. The molecule has 0 aromatic heterocycles. The summed E-state index contributed by atoms with van der Waals surface area (Å²) in [6, 6.07) is 20.0. The Hall–Kier alpha value is -2.89. The van der Waals surface area contributed by atoms with Gasteiger partial charge >= 0.3 is 0 Å². The van der Waals surface area contributed by atoms with Crippen LogP contribution in [0.1, 0.15) is 48.8 Å². The van der Waals surface area contributed by atoms with Crippen LogP contribution in [0.2, 0.25) is 10.0 Å². The van der Waals surface area contributed by atoms with E-state index in [9.17, 15) is 14.0 Å². The number of amides is 2. The molecule has 1 atom stereocenters. The van der Waals surface area contributed by atoms with Crippen molar-refractivity contribution in [2.75, 3.05) is 0 Å². The maximum atomic E-state index is 13.8. The zero-order chi connectivity index (χ0) is 26.2. The molecule has 0 aliphatic heterocycles. The van der Waals surface area contributed by atoms with Crippen molar-refractivity contribution in [2.24, 2.45) is 0 Å². The molecule has 0 radical (unpaired) electrons. The van der Waals surface area contributed by atoms with Gasteiger partial charge in [-0.15, -0.1) is 0 Å². The van der Waals surface area contributed by atoms with E-state index in [0.29, 0.717) is 27.6 Å². The van der Waals surface area contributed by atoms with Gasteiger partial charge in [-0.05, 0) is 48.2 Å². The van der Waals surface area contributed by atoms with E-state index in [2.05, 4.69) is 5.32 Å². The third-order valence-electron chi connectivity index (χ3n) is 6.88. The van der Waals surface area contributed by atoms with Crippen LogP contribution in [0.15, 0.2) is 72.8 Å². The Morgan fingerprint density at radius 2 is 1.51 bits per heavy atom. The van der Waals surface area contributed by atoms with E-state index in [-0.39, 0.29) is 36.6 Å². The second kappa shape index (κ2) is 13.1. The largest absolute Gasteiger partial charge is 0.352 e. The van der Waals surface area contributed by atoms with Crippen molar-refractivity contribution in [3.63, 3.8) is 0 Å². The average Bonchev–Trinajstić information content (AvgIpc) is 2.90. The van der Waals surface area contributed by atoms with Gasteiger partial charge in [0.05, 0.1) is 6.42 Å². The van der Waals surface area contributed by atoms with E-state index in [1.165, 1.54) is 18.6 Å². The molecule has 0 spiro atoms. The molecule has 37 heavy (non-hydrogen) atoms. The molecular weight excluding hydrogens is 510 g/mol. The number of hydrogen-bond acceptors (Lipinski definition) is 2. The summed E-state index contributed by atoms with van der Waals surface area (Å²) in [4.78, 5) is 29.2. The lowest BCUT2D eigenvalue weighted by Crippen LogP contribution is -2.53. The van der Waals surface area contributed by atoms with Gasteiger partial charge in [-0.25, -0.2) is 4.39 Å². The van der Waals surface area contributed by atoms with E-state index in [4.69, 9.17) is 23.2 Å². The van der Waals surface area contributed by atoms with Gasteiger partial charge in [0.25, 0.3) is 0 Å². The molecule has 1 fully saturated rings. The summed E-state index contributed by atoms with van der Waals surface area (Å²) in [5.41, 5.74) is 2.19. The van der Waals surface area contributed by atoms with Gasteiger partial charge < -0.3 is 10.2 Å². The molecule has 2 amide bonds. The van der Waals surface area contributed by atoms with E-state index < -0.39 is 6.04 Å². The fourth-order valence-corrected chi connectivity index (χ4v) is 5.35. The van der Waals surface area contributed by atoms with Crippen LogP contribution in [0.4, 0.5) is 4.39 Å². The van der Waals surface area contributed by atoms with Crippen molar-refractivity contribution in [2.45, 2.75) is 63.6 Å². The maximum absolute atomic E-state index is 13.8. The van der Waals surface area contributed by atoms with E-state index >= 15 is 0 Å². The topological polar surface area (TPSA) is 49.4 Å². The van der Waals surface area contributed by atoms with E-state index in [1.54, 1.807) is 35.2 Å². The average molecular weight is 541 g/mol. The standard InChI is InChI=1S/C30H31Cl2FN2O2/c31-26-12-7-13-27(32)25(26)20-35(29(36)19-22-14-16-23(33)17-15-22)28(18-21-8-3-1-4-9-21)30(37)34-24-10-5-2-6-11-24/h1,3-4,7-9,12-17,24,28H,2,5-6,10-11,18-20H2,(H,34,37).